The summed E-state index contributed by atoms with van der Waals surface area (Å²) in [7, 11) is 0. The first-order chi connectivity index (χ1) is 9.12. The Morgan fingerprint density at radius 3 is 2.25 bits per heavy atom. The Bertz CT molecular complexity index is 328. The second-order valence-corrected chi connectivity index (χ2v) is 8.10. The fourth-order valence-corrected chi connectivity index (χ4v) is 3.17. The van der Waals surface area contributed by atoms with Gasteiger partial charge in [0.15, 0.2) is 0 Å². The van der Waals surface area contributed by atoms with Crippen molar-refractivity contribution in [3.8, 4) is 0 Å². The van der Waals surface area contributed by atoms with Gasteiger partial charge in [-0.25, -0.2) is 0 Å². The fourth-order valence-electron chi connectivity index (χ4n) is 3.17. The Hall–Kier alpha value is -0.570. The van der Waals surface area contributed by atoms with E-state index in [1.54, 1.807) is 0 Å². The third-order valence-electron chi connectivity index (χ3n) is 4.28. The lowest BCUT2D eigenvalue weighted by atomic mass is 9.79. The zero-order valence-electron chi connectivity index (χ0n) is 14.2. The van der Waals surface area contributed by atoms with Crippen LogP contribution in [0.5, 0.6) is 0 Å². The fraction of sp³-hybridized carbons (Fsp3) is 0.941. The molecular weight excluding hydrogens is 252 g/mol. The van der Waals surface area contributed by atoms with Crippen molar-refractivity contribution in [2.75, 3.05) is 19.8 Å². The summed E-state index contributed by atoms with van der Waals surface area (Å²) in [6, 6.07) is 0. The molecule has 1 fully saturated rings. The third-order valence-corrected chi connectivity index (χ3v) is 4.28. The van der Waals surface area contributed by atoms with Crippen LogP contribution in [0.4, 0.5) is 0 Å². The largest absolute Gasteiger partial charge is 0.463 e. The molecule has 3 heteroatoms. The highest BCUT2D eigenvalue weighted by molar-refractivity contribution is 5.69. The van der Waals surface area contributed by atoms with Gasteiger partial charge in [0.05, 0.1) is 13.2 Å². The lowest BCUT2D eigenvalue weighted by Crippen LogP contribution is -2.24. The first kappa shape index (κ1) is 17.5. The molecule has 0 radical (unpaired) electrons. The molecule has 0 heterocycles. The van der Waals surface area contributed by atoms with E-state index in [-0.39, 0.29) is 5.97 Å². The van der Waals surface area contributed by atoms with E-state index in [1.807, 2.05) is 6.92 Å². The molecule has 0 aliphatic heterocycles. The van der Waals surface area contributed by atoms with Crippen LogP contribution in [0.3, 0.4) is 0 Å². The third kappa shape index (κ3) is 5.08. The maximum Gasteiger partial charge on any atom is 0.305 e. The second kappa shape index (κ2) is 6.46. The second-order valence-electron chi connectivity index (χ2n) is 8.10. The highest BCUT2D eigenvalue weighted by atomic mass is 16.6. The van der Waals surface area contributed by atoms with Gasteiger partial charge in [-0.05, 0) is 35.5 Å². The van der Waals surface area contributed by atoms with Crippen molar-refractivity contribution in [3.63, 3.8) is 0 Å². The van der Waals surface area contributed by atoms with Gasteiger partial charge in [-0.3, -0.25) is 4.79 Å². The summed E-state index contributed by atoms with van der Waals surface area (Å²) in [5.74, 6) is -0.118. The number of carbonyl (C=O) groups excluding carboxylic acids is 1. The van der Waals surface area contributed by atoms with Crippen molar-refractivity contribution in [3.05, 3.63) is 0 Å². The number of rotatable bonds is 8. The lowest BCUT2D eigenvalue weighted by molar-refractivity contribution is -0.145. The van der Waals surface area contributed by atoms with Crippen LogP contribution in [0.2, 0.25) is 0 Å². The molecular formula is C17H32O3. The number of carbonyl (C=O) groups is 1. The number of esters is 1. The van der Waals surface area contributed by atoms with Crippen molar-refractivity contribution in [1.29, 1.82) is 0 Å². The van der Waals surface area contributed by atoms with Crippen LogP contribution < -0.4 is 0 Å². The molecule has 1 aliphatic rings. The number of hydrogen-bond donors (Lipinski definition) is 0. The summed E-state index contributed by atoms with van der Waals surface area (Å²) in [6.45, 7) is 15.2. The zero-order chi connectivity index (χ0) is 15.4. The zero-order valence-corrected chi connectivity index (χ0v) is 14.2. The molecule has 0 amide bonds. The molecule has 1 atom stereocenters. The van der Waals surface area contributed by atoms with Crippen LogP contribution >= 0.6 is 0 Å². The van der Waals surface area contributed by atoms with Crippen molar-refractivity contribution in [1.82, 2.24) is 0 Å². The van der Waals surface area contributed by atoms with E-state index in [0.717, 1.165) is 13.0 Å². The van der Waals surface area contributed by atoms with Gasteiger partial charge in [-0.15, -0.1) is 0 Å². The Balaban J connectivity index is 2.27. The summed E-state index contributed by atoms with van der Waals surface area (Å²) in [6.07, 6.45) is 3.75. The van der Waals surface area contributed by atoms with E-state index < -0.39 is 0 Å². The molecule has 1 saturated carbocycles. The van der Waals surface area contributed by atoms with Gasteiger partial charge in [0, 0.05) is 6.42 Å². The van der Waals surface area contributed by atoms with E-state index in [1.165, 1.54) is 12.8 Å². The molecule has 0 saturated heterocycles. The highest BCUT2D eigenvalue weighted by Crippen LogP contribution is 2.67. The first-order valence-corrected chi connectivity index (χ1v) is 7.85. The van der Waals surface area contributed by atoms with Crippen LogP contribution in [-0.2, 0) is 14.3 Å². The van der Waals surface area contributed by atoms with Gasteiger partial charge in [-0.2, -0.15) is 0 Å². The number of ether oxygens (including phenoxy) is 2. The van der Waals surface area contributed by atoms with E-state index in [0.29, 0.717) is 35.9 Å². The molecule has 0 bridgehead atoms. The molecule has 20 heavy (non-hydrogen) atoms. The smallest absolute Gasteiger partial charge is 0.305 e. The molecule has 1 rings (SSSR count). The lowest BCUT2D eigenvalue weighted by Gasteiger charge is -2.29. The van der Waals surface area contributed by atoms with Gasteiger partial charge in [0.2, 0.25) is 0 Å². The van der Waals surface area contributed by atoms with Gasteiger partial charge >= 0.3 is 5.97 Å². The predicted octanol–water partition coefficient (Wildman–Crippen LogP) is 4.20. The van der Waals surface area contributed by atoms with Crippen LogP contribution in [0.25, 0.3) is 0 Å². The topological polar surface area (TPSA) is 35.5 Å². The molecule has 0 N–H and O–H groups in total. The maximum absolute atomic E-state index is 11.2. The summed E-state index contributed by atoms with van der Waals surface area (Å²) in [4.78, 5) is 11.2. The normalized spacial score (nSPS) is 24.5. The molecule has 0 aromatic rings. The van der Waals surface area contributed by atoms with Gasteiger partial charge in [-0.1, -0.05) is 41.5 Å². The molecule has 0 aromatic heterocycles. The minimum Gasteiger partial charge on any atom is -0.463 e. The Kier molecular flexibility index (Phi) is 5.65. The standard InChI is InChI=1S/C17H32O3/c1-7-8-14(18)20-10-9-19-13-17(11-15(2,3)4)12-16(17,5)6/h7-13H2,1-6H3. The highest BCUT2D eigenvalue weighted by Gasteiger charge is 2.61. The Labute approximate surface area is 124 Å². The van der Waals surface area contributed by atoms with Gasteiger partial charge in [0.25, 0.3) is 0 Å². The SMILES string of the molecule is CCCC(=O)OCCOCC1(CC(C)(C)C)CC1(C)C. The van der Waals surface area contributed by atoms with Gasteiger partial charge in [0.1, 0.15) is 6.61 Å². The van der Waals surface area contributed by atoms with Crippen LogP contribution in [0.1, 0.15) is 67.2 Å². The minimum atomic E-state index is -0.118. The van der Waals surface area contributed by atoms with Crippen molar-refractivity contribution in [2.45, 2.75) is 67.2 Å². The minimum absolute atomic E-state index is 0.118. The number of hydrogen-bond acceptors (Lipinski definition) is 3. The summed E-state index contributed by atoms with van der Waals surface area (Å²) in [5, 5.41) is 0. The van der Waals surface area contributed by atoms with Crippen LogP contribution in [0.15, 0.2) is 0 Å². The molecule has 1 unspecified atom stereocenters. The van der Waals surface area contributed by atoms with Crippen molar-refractivity contribution in [2.24, 2.45) is 16.2 Å². The Morgan fingerprint density at radius 1 is 1.20 bits per heavy atom. The van der Waals surface area contributed by atoms with Crippen LogP contribution in [0, 0.1) is 16.2 Å². The van der Waals surface area contributed by atoms with E-state index in [9.17, 15) is 4.79 Å². The molecule has 118 valence electrons. The monoisotopic (exact) mass is 284 g/mol. The van der Waals surface area contributed by atoms with Gasteiger partial charge < -0.3 is 9.47 Å². The summed E-state index contributed by atoms with van der Waals surface area (Å²) < 4.78 is 10.9. The molecule has 3 nitrogen and oxygen atoms in total. The van der Waals surface area contributed by atoms with Crippen molar-refractivity contribution >= 4 is 5.97 Å². The quantitative estimate of drug-likeness (QED) is 0.495. The Morgan fingerprint density at radius 2 is 1.80 bits per heavy atom. The molecule has 1 aliphatic carbocycles. The van der Waals surface area contributed by atoms with E-state index >= 15 is 0 Å². The summed E-state index contributed by atoms with van der Waals surface area (Å²) >= 11 is 0. The van der Waals surface area contributed by atoms with Crippen LogP contribution in [-0.4, -0.2) is 25.8 Å². The molecule has 0 spiro atoms. The van der Waals surface area contributed by atoms with E-state index in [4.69, 9.17) is 9.47 Å². The summed E-state index contributed by atoms with van der Waals surface area (Å²) in [5.41, 5.74) is 1.00. The first-order valence-electron chi connectivity index (χ1n) is 7.85. The van der Waals surface area contributed by atoms with E-state index in [2.05, 4.69) is 34.6 Å². The maximum atomic E-state index is 11.2. The average molecular weight is 284 g/mol. The molecule has 0 aromatic carbocycles. The average Bonchev–Trinajstić information content (AvgIpc) is 2.77. The van der Waals surface area contributed by atoms with Crippen molar-refractivity contribution < 1.29 is 14.3 Å². The predicted molar refractivity (Wildman–Crippen MR) is 81.6 cm³/mol.